The van der Waals surface area contributed by atoms with Crippen LogP contribution in [0.2, 0.25) is 0 Å². The molecule has 24 heavy (non-hydrogen) atoms. The van der Waals surface area contributed by atoms with Crippen molar-refractivity contribution in [3.05, 3.63) is 59.4 Å². The van der Waals surface area contributed by atoms with E-state index >= 15 is 0 Å². The van der Waals surface area contributed by atoms with Gasteiger partial charge in [-0.2, -0.15) is 5.10 Å². The summed E-state index contributed by atoms with van der Waals surface area (Å²) >= 11 is 1.57. The number of carbonyl (C=O) groups is 1. The first-order chi connectivity index (χ1) is 11.8. The molecule has 0 atom stereocenters. The summed E-state index contributed by atoms with van der Waals surface area (Å²) in [5.74, 6) is 1.01. The van der Waals surface area contributed by atoms with E-state index in [-0.39, 0.29) is 18.1 Å². The van der Waals surface area contributed by atoms with Crippen molar-refractivity contribution >= 4 is 17.2 Å². The molecule has 4 heterocycles. The van der Waals surface area contributed by atoms with E-state index in [1.54, 1.807) is 35.8 Å². The first kappa shape index (κ1) is 14.5. The average molecular weight is 340 g/mol. The maximum absolute atomic E-state index is 12.2. The molecule has 0 aromatic carbocycles. The van der Waals surface area contributed by atoms with Gasteiger partial charge in [-0.1, -0.05) is 11.2 Å². The maximum atomic E-state index is 12.2. The molecule has 0 radical (unpaired) electrons. The van der Waals surface area contributed by atoms with Gasteiger partial charge in [0.25, 0.3) is 5.91 Å². The van der Waals surface area contributed by atoms with E-state index in [9.17, 15) is 4.79 Å². The Kier molecular flexibility index (Phi) is 3.72. The van der Waals surface area contributed by atoms with Crippen LogP contribution in [0.5, 0.6) is 0 Å². The average Bonchev–Trinajstić information content (AvgIpc) is 3.40. The predicted molar refractivity (Wildman–Crippen MR) is 87.3 cm³/mol. The lowest BCUT2D eigenvalue weighted by Crippen LogP contribution is -2.23. The van der Waals surface area contributed by atoms with Crippen LogP contribution < -0.4 is 5.32 Å². The number of aromatic amines is 1. The molecule has 4 aromatic rings. The second kappa shape index (κ2) is 6.17. The zero-order valence-electron chi connectivity index (χ0n) is 12.4. The van der Waals surface area contributed by atoms with Gasteiger partial charge >= 0.3 is 0 Å². The molecule has 1 amide bonds. The topological polar surface area (TPSA) is 97.0 Å². The Morgan fingerprint density at radius 1 is 1.25 bits per heavy atom. The summed E-state index contributed by atoms with van der Waals surface area (Å²) in [5.41, 5.74) is 1.57. The van der Waals surface area contributed by atoms with Gasteiger partial charge in [0.1, 0.15) is 11.4 Å². The van der Waals surface area contributed by atoms with E-state index in [1.807, 2.05) is 23.6 Å². The number of aromatic nitrogens is 3. The third kappa shape index (κ3) is 2.86. The zero-order chi connectivity index (χ0) is 16.4. The van der Waals surface area contributed by atoms with Crippen molar-refractivity contribution in [2.24, 2.45) is 0 Å². The van der Waals surface area contributed by atoms with E-state index in [0.29, 0.717) is 22.9 Å². The molecular weight excluding hydrogens is 328 g/mol. The van der Waals surface area contributed by atoms with Crippen molar-refractivity contribution < 1.29 is 13.7 Å². The number of nitrogens with one attached hydrogen (secondary N) is 2. The van der Waals surface area contributed by atoms with Crippen molar-refractivity contribution in [3.63, 3.8) is 0 Å². The second-order valence-corrected chi connectivity index (χ2v) is 5.93. The number of H-pyrrole nitrogens is 1. The van der Waals surface area contributed by atoms with Crippen molar-refractivity contribution in [1.29, 1.82) is 0 Å². The number of furan rings is 1. The summed E-state index contributed by atoms with van der Waals surface area (Å²) in [7, 11) is 0. The Labute approximate surface area is 140 Å². The molecule has 120 valence electrons. The number of nitrogens with zero attached hydrogens (tertiary/aromatic N) is 2. The number of carbonyl (C=O) groups excluding carboxylic acids is 1. The highest BCUT2D eigenvalue weighted by Gasteiger charge is 2.14. The first-order valence-corrected chi connectivity index (χ1v) is 8.04. The molecule has 4 rings (SSSR count). The van der Waals surface area contributed by atoms with Gasteiger partial charge in [0, 0.05) is 12.1 Å². The van der Waals surface area contributed by atoms with Gasteiger partial charge in [0.2, 0.25) is 0 Å². The number of amides is 1. The summed E-state index contributed by atoms with van der Waals surface area (Å²) in [6.45, 7) is 0.261. The van der Waals surface area contributed by atoms with E-state index in [1.165, 1.54) is 0 Å². The van der Waals surface area contributed by atoms with Crippen LogP contribution >= 0.6 is 11.3 Å². The molecule has 0 bridgehead atoms. The molecular formula is C16H12N4O3S. The molecule has 0 aliphatic carbocycles. The van der Waals surface area contributed by atoms with Gasteiger partial charge < -0.3 is 14.3 Å². The zero-order valence-corrected chi connectivity index (χ0v) is 13.2. The highest BCUT2D eigenvalue weighted by atomic mass is 32.1. The number of rotatable bonds is 5. The van der Waals surface area contributed by atoms with E-state index < -0.39 is 0 Å². The molecule has 7 nitrogen and oxygen atoms in total. The number of hydrogen-bond acceptors (Lipinski definition) is 6. The molecule has 0 spiro atoms. The lowest BCUT2D eigenvalue weighted by molar-refractivity contribution is 0.0945. The van der Waals surface area contributed by atoms with Gasteiger partial charge in [-0.15, -0.1) is 11.3 Å². The number of hydrogen-bond donors (Lipinski definition) is 2. The van der Waals surface area contributed by atoms with E-state index in [0.717, 1.165) is 4.88 Å². The smallest absolute Gasteiger partial charge is 0.272 e. The Balaban J connectivity index is 1.40. The van der Waals surface area contributed by atoms with Crippen LogP contribution in [0.3, 0.4) is 0 Å². The van der Waals surface area contributed by atoms with Crippen molar-refractivity contribution in [3.8, 4) is 22.1 Å². The van der Waals surface area contributed by atoms with Gasteiger partial charge in [0.15, 0.2) is 17.2 Å². The van der Waals surface area contributed by atoms with Crippen LogP contribution in [-0.4, -0.2) is 21.3 Å². The van der Waals surface area contributed by atoms with Crippen molar-refractivity contribution in [2.45, 2.75) is 6.54 Å². The molecule has 0 unspecified atom stereocenters. The normalized spacial score (nSPS) is 10.8. The fourth-order valence-corrected chi connectivity index (χ4v) is 2.86. The molecule has 4 aromatic heterocycles. The summed E-state index contributed by atoms with van der Waals surface area (Å²) < 4.78 is 10.5. The van der Waals surface area contributed by atoms with Crippen LogP contribution in [0.15, 0.2) is 57.0 Å². The lowest BCUT2D eigenvalue weighted by atomic mass is 10.3. The van der Waals surface area contributed by atoms with Gasteiger partial charge in [0.05, 0.1) is 17.7 Å². The fourth-order valence-electron chi connectivity index (χ4n) is 2.19. The highest BCUT2D eigenvalue weighted by Crippen LogP contribution is 2.25. The molecule has 2 N–H and O–H groups in total. The van der Waals surface area contributed by atoms with Crippen molar-refractivity contribution in [1.82, 2.24) is 20.7 Å². The largest absolute Gasteiger partial charge is 0.463 e. The summed E-state index contributed by atoms with van der Waals surface area (Å²) in [5, 5.41) is 15.4. The van der Waals surface area contributed by atoms with Crippen LogP contribution in [-0.2, 0) is 6.54 Å². The van der Waals surface area contributed by atoms with Gasteiger partial charge in [-0.3, -0.25) is 9.89 Å². The van der Waals surface area contributed by atoms with Crippen LogP contribution in [0.25, 0.3) is 22.1 Å². The molecule has 0 saturated carbocycles. The highest BCUT2D eigenvalue weighted by molar-refractivity contribution is 7.13. The molecule has 0 saturated heterocycles. The summed E-state index contributed by atoms with van der Waals surface area (Å²) in [6, 6.07) is 10.9. The Hall–Kier alpha value is -3.13. The molecule has 0 aliphatic rings. The third-order valence-corrected chi connectivity index (χ3v) is 4.23. The minimum absolute atomic E-state index is 0.261. The Morgan fingerprint density at radius 2 is 2.21 bits per heavy atom. The minimum Gasteiger partial charge on any atom is -0.463 e. The SMILES string of the molecule is O=C(NCc1cc(-c2cccs2)on1)c1cc(-c2ccco2)[nH]n1. The standard InChI is InChI=1S/C16H12N4O3S/c21-16(12-8-11(18-19-12)13-3-1-5-22-13)17-9-10-7-14(23-20-10)15-4-2-6-24-15/h1-8H,9H2,(H,17,21)(H,18,19). The quantitative estimate of drug-likeness (QED) is 0.581. The van der Waals surface area contributed by atoms with Gasteiger partial charge in [-0.05, 0) is 23.6 Å². The fraction of sp³-hybridized carbons (Fsp3) is 0.0625. The van der Waals surface area contributed by atoms with Crippen LogP contribution in [0, 0.1) is 0 Å². The number of thiophene rings is 1. The van der Waals surface area contributed by atoms with E-state index in [4.69, 9.17) is 8.94 Å². The summed E-state index contributed by atoms with van der Waals surface area (Å²) in [4.78, 5) is 13.2. The monoisotopic (exact) mass is 340 g/mol. The molecule has 0 fully saturated rings. The Bertz CT molecular complexity index is 938. The molecule has 0 aliphatic heterocycles. The maximum Gasteiger partial charge on any atom is 0.272 e. The first-order valence-electron chi connectivity index (χ1n) is 7.16. The minimum atomic E-state index is -0.301. The lowest BCUT2D eigenvalue weighted by Gasteiger charge is -1.98. The van der Waals surface area contributed by atoms with Crippen LogP contribution in [0.4, 0.5) is 0 Å². The third-order valence-electron chi connectivity index (χ3n) is 3.35. The predicted octanol–water partition coefficient (Wildman–Crippen LogP) is 3.32. The van der Waals surface area contributed by atoms with E-state index in [2.05, 4.69) is 20.7 Å². The Morgan fingerprint density at radius 3 is 3.00 bits per heavy atom. The summed E-state index contributed by atoms with van der Waals surface area (Å²) in [6.07, 6.45) is 1.56. The van der Waals surface area contributed by atoms with Crippen molar-refractivity contribution in [2.75, 3.05) is 0 Å². The van der Waals surface area contributed by atoms with Crippen LogP contribution in [0.1, 0.15) is 16.2 Å². The van der Waals surface area contributed by atoms with Gasteiger partial charge in [-0.25, -0.2) is 0 Å². The second-order valence-electron chi connectivity index (χ2n) is 4.99. The molecule has 8 heteroatoms.